The molecule has 1 fully saturated rings. The van der Waals surface area contributed by atoms with Crippen LogP contribution in [-0.2, 0) is 9.84 Å². The lowest BCUT2D eigenvalue weighted by Crippen LogP contribution is -2.40. The second-order valence-corrected chi connectivity index (χ2v) is 7.05. The molecule has 4 nitrogen and oxygen atoms in total. The fourth-order valence-corrected chi connectivity index (χ4v) is 3.07. The molecule has 1 aromatic heterocycles. The molecule has 0 bridgehead atoms. The first-order valence-corrected chi connectivity index (χ1v) is 7.71. The highest BCUT2D eigenvalue weighted by Crippen LogP contribution is 2.18. The van der Waals surface area contributed by atoms with Crippen molar-refractivity contribution < 1.29 is 8.42 Å². The first-order valence-electron chi connectivity index (χ1n) is 5.89. The molecular weight excluding hydrogens is 236 g/mol. The molecule has 2 rings (SSSR count). The van der Waals surface area contributed by atoms with Crippen molar-refractivity contribution in [1.82, 2.24) is 4.98 Å². The summed E-state index contributed by atoms with van der Waals surface area (Å²) < 4.78 is 22.6. The zero-order valence-electron chi connectivity index (χ0n) is 10.3. The van der Waals surface area contributed by atoms with E-state index in [9.17, 15) is 8.42 Å². The van der Waals surface area contributed by atoms with E-state index in [-0.39, 0.29) is 11.5 Å². The summed E-state index contributed by atoms with van der Waals surface area (Å²) in [6, 6.07) is 4.05. The Kier molecular flexibility index (Phi) is 3.38. The van der Waals surface area contributed by atoms with Gasteiger partial charge in [0.1, 0.15) is 5.82 Å². The first-order chi connectivity index (χ1) is 7.98. The van der Waals surface area contributed by atoms with E-state index < -0.39 is 9.84 Å². The van der Waals surface area contributed by atoms with Gasteiger partial charge in [-0.25, -0.2) is 13.4 Å². The van der Waals surface area contributed by atoms with Gasteiger partial charge in [0.25, 0.3) is 0 Å². The molecule has 1 aromatic rings. The fraction of sp³-hybridized carbons (Fsp3) is 0.583. The van der Waals surface area contributed by atoms with E-state index >= 15 is 0 Å². The number of pyridine rings is 1. The molecular formula is C12H18N2O2S. The van der Waals surface area contributed by atoms with Crippen molar-refractivity contribution in [2.75, 3.05) is 29.5 Å². The second kappa shape index (κ2) is 4.64. The molecule has 0 saturated carbocycles. The predicted octanol–water partition coefficient (Wildman–Crippen LogP) is 1.44. The van der Waals surface area contributed by atoms with Gasteiger partial charge < -0.3 is 4.90 Å². The van der Waals surface area contributed by atoms with E-state index in [1.54, 1.807) is 0 Å². The smallest absolute Gasteiger partial charge is 0.153 e. The van der Waals surface area contributed by atoms with Crippen LogP contribution in [0.15, 0.2) is 18.3 Å². The average molecular weight is 254 g/mol. The molecule has 17 heavy (non-hydrogen) atoms. The summed E-state index contributed by atoms with van der Waals surface area (Å²) in [5.41, 5.74) is 1.21. The van der Waals surface area contributed by atoms with E-state index in [1.807, 2.05) is 17.2 Å². The molecule has 0 spiro atoms. The van der Waals surface area contributed by atoms with Gasteiger partial charge in [-0.2, -0.15) is 0 Å². The topological polar surface area (TPSA) is 50.3 Å². The lowest BCUT2D eigenvalue weighted by molar-refractivity contribution is 0.586. The van der Waals surface area contributed by atoms with Gasteiger partial charge in [-0.1, -0.05) is 19.9 Å². The summed E-state index contributed by atoms with van der Waals surface area (Å²) in [6.07, 6.45) is 1.88. The number of rotatable bonds is 2. The summed E-state index contributed by atoms with van der Waals surface area (Å²) in [7, 11) is -2.81. The van der Waals surface area contributed by atoms with Crippen LogP contribution in [0.4, 0.5) is 5.82 Å². The molecule has 0 atom stereocenters. The van der Waals surface area contributed by atoms with Gasteiger partial charge >= 0.3 is 0 Å². The van der Waals surface area contributed by atoms with Crippen LogP contribution >= 0.6 is 0 Å². The van der Waals surface area contributed by atoms with Crippen molar-refractivity contribution in [3.05, 3.63) is 23.9 Å². The monoisotopic (exact) mass is 254 g/mol. The Hall–Kier alpha value is -1.10. The number of aromatic nitrogens is 1. The predicted molar refractivity (Wildman–Crippen MR) is 69.2 cm³/mol. The highest BCUT2D eigenvalue weighted by Gasteiger charge is 2.22. The third-order valence-corrected chi connectivity index (χ3v) is 4.71. The van der Waals surface area contributed by atoms with Crippen LogP contribution in [0.5, 0.6) is 0 Å². The number of hydrogen-bond acceptors (Lipinski definition) is 4. The van der Waals surface area contributed by atoms with Gasteiger partial charge in [-0.05, 0) is 17.5 Å². The van der Waals surface area contributed by atoms with Crippen LogP contribution in [0, 0.1) is 0 Å². The van der Waals surface area contributed by atoms with Gasteiger partial charge in [-0.15, -0.1) is 0 Å². The molecule has 94 valence electrons. The molecule has 0 aromatic carbocycles. The molecule has 0 unspecified atom stereocenters. The molecule has 1 saturated heterocycles. The van der Waals surface area contributed by atoms with E-state index in [0.717, 1.165) is 5.82 Å². The Bertz CT molecular complexity index is 466. The van der Waals surface area contributed by atoms with E-state index in [2.05, 4.69) is 24.9 Å². The van der Waals surface area contributed by atoms with Crippen molar-refractivity contribution in [2.45, 2.75) is 19.8 Å². The van der Waals surface area contributed by atoms with Crippen LogP contribution < -0.4 is 4.90 Å². The standard InChI is InChI=1S/C12H18N2O2S/c1-10(2)11-3-4-12(13-9-11)14-5-7-17(15,16)8-6-14/h3-4,9-10H,5-8H2,1-2H3. The third kappa shape index (κ3) is 2.97. The zero-order valence-corrected chi connectivity index (χ0v) is 11.1. The molecule has 0 aliphatic carbocycles. The minimum absolute atomic E-state index is 0.237. The van der Waals surface area contributed by atoms with Crippen LogP contribution in [0.1, 0.15) is 25.3 Å². The minimum Gasteiger partial charge on any atom is -0.355 e. The fourth-order valence-electron chi connectivity index (χ4n) is 1.87. The van der Waals surface area contributed by atoms with Crippen molar-refractivity contribution in [1.29, 1.82) is 0 Å². The average Bonchev–Trinajstić information content (AvgIpc) is 2.29. The van der Waals surface area contributed by atoms with E-state index in [0.29, 0.717) is 19.0 Å². The van der Waals surface area contributed by atoms with Crippen LogP contribution in [-0.4, -0.2) is 38.0 Å². The Balaban J connectivity index is 2.09. The Morgan fingerprint density at radius 1 is 1.24 bits per heavy atom. The molecule has 2 heterocycles. The number of hydrogen-bond donors (Lipinski definition) is 0. The quantitative estimate of drug-likeness (QED) is 0.801. The van der Waals surface area contributed by atoms with Crippen molar-refractivity contribution in [2.24, 2.45) is 0 Å². The maximum Gasteiger partial charge on any atom is 0.153 e. The highest BCUT2D eigenvalue weighted by molar-refractivity contribution is 7.91. The summed E-state index contributed by atoms with van der Waals surface area (Å²) in [6.45, 7) is 5.36. The molecule has 1 aliphatic heterocycles. The first kappa shape index (κ1) is 12.4. The summed E-state index contributed by atoms with van der Waals surface area (Å²) >= 11 is 0. The summed E-state index contributed by atoms with van der Waals surface area (Å²) in [5, 5.41) is 0. The van der Waals surface area contributed by atoms with Gasteiger partial charge in [0.05, 0.1) is 11.5 Å². The highest BCUT2D eigenvalue weighted by atomic mass is 32.2. The molecule has 0 radical (unpaired) electrons. The van der Waals surface area contributed by atoms with Crippen molar-refractivity contribution in [3.8, 4) is 0 Å². The van der Waals surface area contributed by atoms with E-state index in [4.69, 9.17) is 0 Å². The molecule has 1 aliphatic rings. The maximum atomic E-state index is 11.3. The normalized spacial score (nSPS) is 19.6. The van der Waals surface area contributed by atoms with Crippen LogP contribution in [0.3, 0.4) is 0 Å². The Morgan fingerprint density at radius 2 is 1.88 bits per heavy atom. The van der Waals surface area contributed by atoms with E-state index in [1.165, 1.54) is 5.56 Å². The third-order valence-electron chi connectivity index (χ3n) is 3.11. The largest absolute Gasteiger partial charge is 0.355 e. The molecule has 0 amide bonds. The number of anilines is 1. The van der Waals surface area contributed by atoms with Crippen LogP contribution in [0.25, 0.3) is 0 Å². The van der Waals surface area contributed by atoms with Crippen molar-refractivity contribution in [3.63, 3.8) is 0 Å². The Morgan fingerprint density at radius 3 is 2.35 bits per heavy atom. The number of sulfone groups is 1. The zero-order chi connectivity index (χ0) is 12.5. The van der Waals surface area contributed by atoms with Gasteiger partial charge in [0.2, 0.25) is 0 Å². The number of nitrogens with zero attached hydrogens (tertiary/aromatic N) is 2. The lowest BCUT2D eigenvalue weighted by Gasteiger charge is -2.27. The molecule has 0 N–H and O–H groups in total. The minimum atomic E-state index is -2.81. The van der Waals surface area contributed by atoms with Crippen molar-refractivity contribution >= 4 is 15.7 Å². The van der Waals surface area contributed by atoms with Gasteiger partial charge in [-0.3, -0.25) is 0 Å². The van der Waals surface area contributed by atoms with Gasteiger partial charge in [0.15, 0.2) is 9.84 Å². The summed E-state index contributed by atoms with van der Waals surface area (Å²) in [4.78, 5) is 6.44. The SMILES string of the molecule is CC(C)c1ccc(N2CCS(=O)(=O)CC2)nc1. The second-order valence-electron chi connectivity index (χ2n) is 4.74. The maximum absolute atomic E-state index is 11.3. The Labute approximate surface area is 103 Å². The van der Waals surface area contributed by atoms with Gasteiger partial charge in [0, 0.05) is 19.3 Å². The summed E-state index contributed by atoms with van der Waals surface area (Å²) in [5.74, 6) is 1.82. The lowest BCUT2D eigenvalue weighted by atomic mass is 10.1. The van der Waals surface area contributed by atoms with Crippen LogP contribution in [0.2, 0.25) is 0 Å². The molecule has 5 heteroatoms.